The first kappa shape index (κ1) is 18.0. The number of aromatic carboxylic acids is 1. The van der Waals surface area contributed by atoms with E-state index in [0.29, 0.717) is 29.8 Å². The molecule has 1 fully saturated rings. The molecule has 0 spiro atoms. The Morgan fingerprint density at radius 1 is 1.46 bits per heavy atom. The molecule has 1 aliphatic heterocycles. The first-order valence-corrected chi connectivity index (χ1v) is 8.69. The molecule has 1 unspecified atom stereocenters. The van der Waals surface area contributed by atoms with Gasteiger partial charge < -0.3 is 25.0 Å². The highest BCUT2D eigenvalue weighted by Crippen LogP contribution is 2.27. The van der Waals surface area contributed by atoms with Gasteiger partial charge in [0.25, 0.3) is 0 Å². The fraction of sp³-hybridized carbons (Fsp3) is 0.500. The van der Waals surface area contributed by atoms with Gasteiger partial charge in [-0.05, 0) is 39.7 Å². The van der Waals surface area contributed by atoms with Crippen LogP contribution in [-0.2, 0) is 4.74 Å². The van der Waals surface area contributed by atoms with Gasteiger partial charge in [0.15, 0.2) is 0 Å². The van der Waals surface area contributed by atoms with Crippen LogP contribution in [0, 0.1) is 0 Å². The Kier molecular flexibility index (Phi) is 4.76. The lowest BCUT2D eigenvalue weighted by Crippen LogP contribution is -2.42. The van der Waals surface area contributed by atoms with Crippen molar-refractivity contribution in [2.45, 2.75) is 45.3 Å². The zero-order chi connectivity index (χ0) is 18.9. The second-order valence-corrected chi connectivity index (χ2v) is 7.44. The van der Waals surface area contributed by atoms with Gasteiger partial charge in [-0.15, -0.1) is 0 Å². The average molecular weight is 360 g/mol. The summed E-state index contributed by atoms with van der Waals surface area (Å²) >= 11 is 0. The van der Waals surface area contributed by atoms with Gasteiger partial charge >= 0.3 is 12.1 Å². The van der Waals surface area contributed by atoms with Crippen molar-refractivity contribution in [3.63, 3.8) is 0 Å². The van der Waals surface area contributed by atoms with Gasteiger partial charge in [0, 0.05) is 30.9 Å². The van der Waals surface area contributed by atoms with Crippen LogP contribution in [0.1, 0.15) is 44.0 Å². The van der Waals surface area contributed by atoms with Crippen molar-refractivity contribution < 1.29 is 19.4 Å². The van der Waals surface area contributed by atoms with E-state index in [9.17, 15) is 14.7 Å². The van der Waals surface area contributed by atoms with Gasteiger partial charge in [-0.1, -0.05) is 0 Å². The molecular formula is C18H24N4O4. The number of nitrogens with one attached hydrogen (secondary N) is 2. The number of rotatable bonds is 4. The number of hydrogen-bond acceptors (Lipinski definition) is 5. The maximum absolute atomic E-state index is 12.4. The number of carboxylic acid groups (broad SMARTS) is 1. The third-order valence-electron chi connectivity index (χ3n) is 4.34. The largest absolute Gasteiger partial charge is 0.478 e. The first-order valence-electron chi connectivity index (χ1n) is 8.69. The van der Waals surface area contributed by atoms with Gasteiger partial charge in [-0.2, -0.15) is 0 Å². The van der Waals surface area contributed by atoms with Gasteiger partial charge in [-0.3, -0.25) is 0 Å². The van der Waals surface area contributed by atoms with Crippen LogP contribution in [0.3, 0.4) is 0 Å². The van der Waals surface area contributed by atoms with Crippen LogP contribution in [0.2, 0.25) is 0 Å². The molecule has 1 atom stereocenters. The Morgan fingerprint density at radius 3 is 2.92 bits per heavy atom. The van der Waals surface area contributed by atoms with Crippen molar-refractivity contribution in [3.8, 4) is 0 Å². The number of likely N-dealkylation sites (tertiary alicyclic amines) is 1. The van der Waals surface area contributed by atoms with Crippen molar-refractivity contribution >= 4 is 28.8 Å². The zero-order valence-corrected chi connectivity index (χ0v) is 15.2. The molecule has 1 aliphatic rings. The number of pyridine rings is 1. The molecule has 2 aromatic rings. The number of anilines is 1. The van der Waals surface area contributed by atoms with Crippen LogP contribution in [0.4, 0.5) is 10.5 Å². The third-order valence-corrected chi connectivity index (χ3v) is 4.34. The molecule has 0 radical (unpaired) electrons. The predicted octanol–water partition coefficient (Wildman–Crippen LogP) is 3.07. The van der Waals surface area contributed by atoms with Crippen LogP contribution in [0.5, 0.6) is 0 Å². The topological polar surface area (TPSA) is 108 Å². The summed E-state index contributed by atoms with van der Waals surface area (Å²) in [6.45, 7) is 6.61. The minimum absolute atomic E-state index is 0.0475. The summed E-state index contributed by atoms with van der Waals surface area (Å²) in [5, 5.41) is 13.4. The quantitative estimate of drug-likeness (QED) is 0.773. The molecule has 2 aromatic heterocycles. The number of carboxylic acids is 1. The number of carbonyl (C=O) groups excluding carboxylic acids is 1. The summed E-state index contributed by atoms with van der Waals surface area (Å²) in [4.78, 5) is 32.8. The molecular weight excluding hydrogens is 336 g/mol. The molecule has 8 heteroatoms. The van der Waals surface area contributed by atoms with E-state index in [4.69, 9.17) is 4.74 Å². The number of hydrogen-bond donors (Lipinski definition) is 3. The highest BCUT2D eigenvalue weighted by molar-refractivity contribution is 6.03. The number of amides is 1. The summed E-state index contributed by atoms with van der Waals surface area (Å²) in [5.41, 5.74) is 0.697. The number of fused-ring (bicyclic) bond motifs is 1. The molecule has 3 rings (SSSR count). The Hall–Kier alpha value is -2.77. The monoisotopic (exact) mass is 360 g/mol. The molecule has 3 N–H and O–H groups in total. The number of ether oxygens (including phenoxy) is 1. The van der Waals surface area contributed by atoms with Crippen molar-refractivity contribution in [1.29, 1.82) is 0 Å². The van der Waals surface area contributed by atoms with Gasteiger partial charge in [0.2, 0.25) is 0 Å². The summed E-state index contributed by atoms with van der Waals surface area (Å²) < 4.78 is 5.47. The molecule has 26 heavy (non-hydrogen) atoms. The van der Waals surface area contributed by atoms with E-state index in [-0.39, 0.29) is 17.7 Å². The maximum atomic E-state index is 12.4. The second-order valence-electron chi connectivity index (χ2n) is 7.44. The fourth-order valence-electron chi connectivity index (χ4n) is 3.19. The number of aromatic amines is 1. The van der Waals surface area contributed by atoms with Crippen LogP contribution < -0.4 is 5.32 Å². The Morgan fingerprint density at radius 2 is 2.23 bits per heavy atom. The lowest BCUT2D eigenvalue weighted by Gasteiger charge is -2.29. The number of aromatic nitrogens is 2. The highest BCUT2D eigenvalue weighted by Gasteiger charge is 2.32. The second kappa shape index (κ2) is 6.86. The molecule has 1 amide bonds. The molecule has 0 aliphatic carbocycles. The summed E-state index contributed by atoms with van der Waals surface area (Å²) in [6.07, 6.45) is 4.46. The van der Waals surface area contributed by atoms with Crippen LogP contribution in [-0.4, -0.2) is 56.8 Å². The summed E-state index contributed by atoms with van der Waals surface area (Å²) in [6, 6.07) is 1.74. The van der Waals surface area contributed by atoms with Crippen LogP contribution in [0.15, 0.2) is 18.5 Å². The Labute approximate surface area is 151 Å². The zero-order valence-electron chi connectivity index (χ0n) is 15.2. The number of H-pyrrole nitrogens is 1. The van der Waals surface area contributed by atoms with Crippen LogP contribution >= 0.6 is 0 Å². The molecule has 140 valence electrons. The van der Waals surface area contributed by atoms with E-state index in [1.54, 1.807) is 17.2 Å². The molecule has 0 bridgehead atoms. The lowest BCUT2D eigenvalue weighted by atomic mass is 10.1. The maximum Gasteiger partial charge on any atom is 0.410 e. The van der Waals surface area contributed by atoms with Crippen molar-refractivity contribution in [1.82, 2.24) is 14.9 Å². The predicted molar refractivity (Wildman–Crippen MR) is 97.5 cm³/mol. The normalized spacial score (nSPS) is 17.5. The average Bonchev–Trinajstić information content (AvgIpc) is 3.19. The van der Waals surface area contributed by atoms with Crippen LogP contribution in [0.25, 0.3) is 11.0 Å². The van der Waals surface area contributed by atoms with Crippen molar-refractivity contribution in [2.24, 2.45) is 0 Å². The van der Waals surface area contributed by atoms with E-state index in [0.717, 1.165) is 12.8 Å². The minimum atomic E-state index is -1.04. The van der Waals surface area contributed by atoms with Gasteiger partial charge in [0.1, 0.15) is 16.8 Å². The molecule has 0 aromatic carbocycles. The summed E-state index contributed by atoms with van der Waals surface area (Å²) in [5.74, 6) is -1.04. The van der Waals surface area contributed by atoms with Crippen molar-refractivity contribution in [3.05, 3.63) is 24.0 Å². The molecule has 1 saturated heterocycles. The smallest absolute Gasteiger partial charge is 0.410 e. The van der Waals surface area contributed by atoms with E-state index >= 15 is 0 Å². The summed E-state index contributed by atoms with van der Waals surface area (Å²) in [7, 11) is 0. The standard InChI is InChI=1S/C18H24N4O4/c1-18(2,3)26-17(25)22-8-4-5-11(22)9-20-14-12-6-7-19-15(12)21-10-13(14)16(23)24/h6-7,10-11H,4-5,8-9H2,1-3H3,(H,23,24)(H2,19,20,21). The highest BCUT2D eigenvalue weighted by atomic mass is 16.6. The molecule has 8 nitrogen and oxygen atoms in total. The fourth-order valence-corrected chi connectivity index (χ4v) is 3.19. The first-order chi connectivity index (χ1) is 12.3. The molecule has 0 saturated carbocycles. The van der Waals surface area contributed by atoms with Gasteiger partial charge in [-0.25, -0.2) is 14.6 Å². The van der Waals surface area contributed by atoms with E-state index < -0.39 is 11.6 Å². The SMILES string of the molecule is CC(C)(C)OC(=O)N1CCCC1CNc1c(C(=O)O)cnc2[nH]ccc12. The minimum Gasteiger partial charge on any atom is -0.478 e. The lowest BCUT2D eigenvalue weighted by molar-refractivity contribution is 0.0234. The van der Waals surface area contributed by atoms with E-state index in [1.165, 1.54) is 6.20 Å². The van der Waals surface area contributed by atoms with E-state index in [1.807, 2.05) is 20.8 Å². The molecule has 3 heterocycles. The van der Waals surface area contributed by atoms with Gasteiger partial charge in [0.05, 0.1) is 11.7 Å². The Balaban J connectivity index is 1.77. The van der Waals surface area contributed by atoms with Crippen molar-refractivity contribution in [2.75, 3.05) is 18.4 Å². The number of nitrogens with zero attached hydrogens (tertiary/aromatic N) is 2. The van der Waals surface area contributed by atoms with E-state index in [2.05, 4.69) is 15.3 Å². The Bertz CT molecular complexity index is 824. The third kappa shape index (κ3) is 3.74. The number of carbonyl (C=O) groups is 2.